The minimum Gasteiger partial charge on any atom is -0.465 e. The molecule has 0 unspecified atom stereocenters. The lowest BCUT2D eigenvalue weighted by Crippen LogP contribution is -2.55. The van der Waals surface area contributed by atoms with E-state index in [4.69, 9.17) is 10.2 Å². The van der Waals surface area contributed by atoms with Crippen LogP contribution in [-0.2, 0) is 0 Å². The summed E-state index contributed by atoms with van der Waals surface area (Å²) in [6, 6.07) is 0. The SMILES string of the molecule is O=C(O)NC1(CO)CCC1. The van der Waals surface area contributed by atoms with E-state index in [1.54, 1.807) is 0 Å². The molecular formula is C6H11NO3. The molecule has 0 aromatic heterocycles. The van der Waals surface area contributed by atoms with Crippen LogP contribution >= 0.6 is 0 Å². The van der Waals surface area contributed by atoms with E-state index >= 15 is 0 Å². The van der Waals surface area contributed by atoms with Crippen LogP contribution in [0.15, 0.2) is 0 Å². The summed E-state index contributed by atoms with van der Waals surface area (Å²) in [6.07, 6.45) is 1.47. The molecule has 0 saturated heterocycles. The first-order chi connectivity index (χ1) is 4.68. The van der Waals surface area contributed by atoms with Crippen molar-refractivity contribution in [3.63, 3.8) is 0 Å². The topological polar surface area (TPSA) is 69.6 Å². The van der Waals surface area contributed by atoms with Crippen LogP contribution in [0, 0.1) is 0 Å². The zero-order valence-electron chi connectivity index (χ0n) is 5.63. The van der Waals surface area contributed by atoms with E-state index in [0.29, 0.717) is 0 Å². The molecule has 1 aliphatic rings. The first kappa shape index (κ1) is 7.34. The van der Waals surface area contributed by atoms with Crippen molar-refractivity contribution in [2.75, 3.05) is 6.61 Å². The van der Waals surface area contributed by atoms with Crippen LogP contribution in [-0.4, -0.2) is 28.5 Å². The molecule has 1 saturated carbocycles. The van der Waals surface area contributed by atoms with Gasteiger partial charge in [-0.2, -0.15) is 0 Å². The van der Waals surface area contributed by atoms with E-state index in [1.165, 1.54) is 0 Å². The Morgan fingerprint density at radius 3 is 2.30 bits per heavy atom. The number of nitrogens with one attached hydrogen (secondary N) is 1. The molecule has 0 heterocycles. The maximum Gasteiger partial charge on any atom is 0.405 e. The van der Waals surface area contributed by atoms with E-state index in [-0.39, 0.29) is 6.61 Å². The van der Waals surface area contributed by atoms with Crippen molar-refractivity contribution in [3.8, 4) is 0 Å². The quantitative estimate of drug-likeness (QED) is 0.518. The van der Waals surface area contributed by atoms with Gasteiger partial charge in [-0.15, -0.1) is 0 Å². The van der Waals surface area contributed by atoms with Gasteiger partial charge in [-0.25, -0.2) is 4.79 Å². The second-order valence-corrected chi connectivity index (χ2v) is 2.72. The summed E-state index contributed by atoms with van der Waals surface area (Å²) in [6.45, 7) is -0.0840. The fraction of sp³-hybridized carbons (Fsp3) is 0.833. The Hall–Kier alpha value is -0.770. The van der Waals surface area contributed by atoms with Gasteiger partial charge in [0.1, 0.15) is 0 Å². The monoisotopic (exact) mass is 145 g/mol. The van der Waals surface area contributed by atoms with Crippen LogP contribution in [0.25, 0.3) is 0 Å². The predicted molar refractivity (Wildman–Crippen MR) is 34.8 cm³/mol. The van der Waals surface area contributed by atoms with E-state index in [1.807, 2.05) is 0 Å². The van der Waals surface area contributed by atoms with Crippen molar-refractivity contribution < 1.29 is 15.0 Å². The number of hydrogen-bond acceptors (Lipinski definition) is 2. The molecule has 1 amide bonds. The van der Waals surface area contributed by atoms with Crippen molar-refractivity contribution >= 4 is 6.09 Å². The van der Waals surface area contributed by atoms with Gasteiger partial charge < -0.3 is 15.5 Å². The summed E-state index contributed by atoms with van der Waals surface area (Å²) in [5.41, 5.74) is -0.508. The number of aliphatic hydroxyl groups is 1. The minimum atomic E-state index is -1.05. The molecular weight excluding hydrogens is 134 g/mol. The van der Waals surface area contributed by atoms with Gasteiger partial charge in [0.2, 0.25) is 0 Å². The average Bonchev–Trinajstić information content (AvgIpc) is 1.78. The number of amides is 1. The van der Waals surface area contributed by atoms with Crippen LogP contribution in [0.3, 0.4) is 0 Å². The molecule has 1 rings (SSSR count). The first-order valence-electron chi connectivity index (χ1n) is 3.30. The maximum atomic E-state index is 10.1. The van der Waals surface area contributed by atoms with E-state index in [2.05, 4.69) is 5.32 Å². The Morgan fingerprint density at radius 1 is 1.60 bits per heavy atom. The van der Waals surface area contributed by atoms with Gasteiger partial charge in [-0.1, -0.05) is 0 Å². The van der Waals surface area contributed by atoms with Gasteiger partial charge in [-0.3, -0.25) is 0 Å². The molecule has 10 heavy (non-hydrogen) atoms. The number of hydrogen-bond donors (Lipinski definition) is 3. The molecule has 0 bridgehead atoms. The normalized spacial score (nSPS) is 21.3. The highest BCUT2D eigenvalue weighted by molar-refractivity contribution is 5.65. The Kier molecular flexibility index (Phi) is 1.80. The minimum absolute atomic E-state index is 0.0840. The Bertz CT molecular complexity index is 136. The highest BCUT2D eigenvalue weighted by atomic mass is 16.4. The van der Waals surface area contributed by atoms with Gasteiger partial charge in [-0.05, 0) is 19.3 Å². The lowest BCUT2D eigenvalue weighted by atomic mass is 9.77. The third-order valence-electron chi connectivity index (χ3n) is 1.99. The molecule has 0 spiro atoms. The van der Waals surface area contributed by atoms with Crippen LogP contribution in [0.2, 0.25) is 0 Å². The van der Waals surface area contributed by atoms with Crippen LogP contribution < -0.4 is 5.32 Å². The standard InChI is InChI=1S/C6H11NO3/c8-4-6(2-1-3-6)7-5(9)10/h7-8H,1-4H2,(H,9,10). The predicted octanol–water partition coefficient (Wildman–Crippen LogP) is 0.169. The Balaban J connectivity index is 2.40. The van der Waals surface area contributed by atoms with Crippen molar-refractivity contribution in [1.82, 2.24) is 5.32 Å². The third-order valence-corrected chi connectivity index (χ3v) is 1.99. The highest BCUT2D eigenvalue weighted by Crippen LogP contribution is 2.30. The zero-order chi connectivity index (χ0) is 7.61. The fourth-order valence-corrected chi connectivity index (χ4v) is 1.15. The molecule has 1 aliphatic carbocycles. The largest absolute Gasteiger partial charge is 0.465 e. The smallest absolute Gasteiger partial charge is 0.405 e. The number of aliphatic hydroxyl groups excluding tert-OH is 1. The molecule has 4 nitrogen and oxygen atoms in total. The van der Waals surface area contributed by atoms with Gasteiger partial charge >= 0.3 is 6.09 Å². The lowest BCUT2D eigenvalue weighted by molar-refractivity contribution is 0.0841. The highest BCUT2D eigenvalue weighted by Gasteiger charge is 2.37. The van der Waals surface area contributed by atoms with Crippen molar-refractivity contribution in [1.29, 1.82) is 0 Å². The Morgan fingerprint density at radius 2 is 2.20 bits per heavy atom. The van der Waals surface area contributed by atoms with Gasteiger partial charge in [0, 0.05) is 0 Å². The molecule has 3 N–H and O–H groups in total. The molecule has 0 atom stereocenters. The molecule has 0 aromatic carbocycles. The summed E-state index contributed by atoms with van der Waals surface area (Å²) in [5, 5.41) is 19.4. The molecule has 1 fully saturated rings. The number of rotatable bonds is 2. The maximum absolute atomic E-state index is 10.1. The first-order valence-corrected chi connectivity index (χ1v) is 3.30. The van der Waals surface area contributed by atoms with Crippen molar-refractivity contribution in [2.45, 2.75) is 24.8 Å². The second-order valence-electron chi connectivity index (χ2n) is 2.72. The van der Waals surface area contributed by atoms with Crippen LogP contribution in [0.4, 0.5) is 4.79 Å². The Labute approximate surface area is 58.9 Å². The summed E-state index contributed by atoms with van der Waals surface area (Å²) in [5.74, 6) is 0. The summed E-state index contributed by atoms with van der Waals surface area (Å²) < 4.78 is 0. The van der Waals surface area contributed by atoms with Crippen molar-refractivity contribution in [2.24, 2.45) is 0 Å². The number of carbonyl (C=O) groups is 1. The number of carboxylic acid groups (broad SMARTS) is 1. The van der Waals surface area contributed by atoms with E-state index < -0.39 is 11.6 Å². The third kappa shape index (κ3) is 1.21. The molecule has 0 aromatic rings. The van der Waals surface area contributed by atoms with Crippen LogP contribution in [0.5, 0.6) is 0 Å². The zero-order valence-corrected chi connectivity index (χ0v) is 5.63. The fourth-order valence-electron chi connectivity index (χ4n) is 1.15. The summed E-state index contributed by atoms with van der Waals surface area (Å²) >= 11 is 0. The van der Waals surface area contributed by atoms with Gasteiger partial charge in [0.25, 0.3) is 0 Å². The van der Waals surface area contributed by atoms with E-state index in [0.717, 1.165) is 19.3 Å². The summed E-state index contributed by atoms with van der Waals surface area (Å²) in [4.78, 5) is 10.1. The van der Waals surface area contributed by atoms with Gasteiger partial charge in [0.05, 0.1) is 12.1 Å². The molecule has 0 aliphatic heterocycles. The van der Waals surface area contributed by atoms with E-state index in [9.17, 15) is 4.79 Å². The second kappa shape index (κ2) is 2.46. The molecule has 0 radical (unpaired) electrons. The summed E-state index contributed by atoms with van der Waals surface area (Å²) in [7, 11) is 0. The van der Waals surface area contributed by atoms with Crippen molar-refractivity contribution in [3.05, 3.63) is 0 Å². The van der Waals surface area contributed by atoms with Gasteiger partial charge in [0.15, 0.2) is 0 Å². The van der Waals surface area contributed by atoms with Crippen LogP contribution in [0.1, 0.15) is 19.3 Å². The molecule has 58 valence electrons. The molecule has 4 heteroatoms. The average molecular weight is 145 g/mol. The lowest BCUT2D eigenvalue weighted by Gasteiger charge is -2.39.